The fourth-order valence-corrected chi connectivity index (χ4v) is 1.29. The van der Waals surface area contributed by atoms with Crippen LogP contribution in [0.5, 0.6) is 0 Å². The van der Waals surface area contributed by atoms with Crippen molar-refractivity contribution in [3.05, 3.63) is 0 Å². The smallest absolute Gasteiger partial charge is 0.323 e. The Hall–Kier alpha value is -0.610. The number of hydrogen-bond acceptors (Lipinski definition) is 4. The molecule has 0 aromatic heterocycles. The molecule has 0 heterocycles. The molecule has 17 heavy (non-hydrogen) atoms. The standard InChI is InChI=1S/C13H27NO3/c1-10(11(16)17-12(2,3)4)14-9-13(5,6)7-8-15/h10,14-15H,7-9H2,1-6H3. The maximum absolute atomic E-state index is 11.7. The molecule has 0 aliphatic rings. The average Bonchev–Trinajstić information content (AvgIpc) is 2.11. The molecule has 0 aromatic carbocycles. The van der Waals surface area contributed by atoms with E-state index in [0.717, 1.165) is 0 Å². The Bertz CT molecular complexity index is 244. The Morgan fingerprint density at radius 2 is 1.82 bits per heavy atom. The van der Waals surface area contributed by atoms with E-state index in [1.807, 2.05) is 20.8 Å². The van der Waals surface area contributed by atoms with Crippen molar-refractivity contribution < 1.29 is 14.6 Å². The Morgan fingerprint density at radius 1 is 1.29 bits per heavy atom. The minimum atomic E-state index is -0.451. The lowest BCUT2D eigenvalue weighted by Gasteiger charge is -2.27. The highest BCUT2D eigenvalue weighted by atomic mass is 16.6. The molecule has 0 aliphatic heterocycles. The van der Waals surface area contributed by atoms with E-state index in [2.05, 4.69) is 19.2 Å². The Morgan fingerprint density at radius 3 is 2.24 bits per heavy atom. The normalized spacial score (nSPS) is 14.5. The highest BCUT2D eigenvalue weighted by Crippen LogP contribution is 2.18. The molecule has 0 spiro atoms. The maximum atomic E-state index is 11.7. The van der Waals surface area contributed by atoms with Crippen molar-refractivity contribution in [1.29, 1.82) is 0 Å². The number of ether oxygens (including phenoxy) is 1. The van der Waals surface area contributed by atoms with E-state index in [4.69, 9.17) is 9.84 Å². The van der Waals surface area contributed by atoms with Crippen molar-refractivity contribution >= 4 is 5.97 Å². The molecule has 0 fully saturated rings. The molecular weight excluding hydrogens is 218 g/mol. The van der Waals surface area contributed by atoms with Crippen LogP contribution in [0.3, 0.4) is 0 Å². The lowest BCUT2D eigenvalue weighted by atomic mass is 9.89. The molecule has 102 valence electrons. The first kappa shape index (κ1) is 16.4. The summed E-state index contributed by atoms with van der Waals surface area (Å²) < 4.78 is 5.27. The van der Waals surface area contributed by atoms with Crippen LogP contribution in [-0.4, -0.2) is 35.9 Å². The number of nitrogens with one attached hydrogen (secondary N) is 1. The fourth-order valence-electron chi connectivity index (χ4n) is 1.29. The van der Waals surface area contributed by atoms with Gasteiger partial charge in [-0.25, -0.2) is 0 Å². The van der Waals surface area contributed by atoms with Gasteiger partial charge in [0.1, 0.15) is 11.6 Å². The van der Waals surface area contributed by atoms with Crippen LogP contribution in [0.15, 0.2) is 0 Å². The first-order chi connectivity index (χ1) is 7.57. The summed E-state index contributed by atoms with van der Waals surface area (Å²) in [6, 6.07) is -0.327. The Kier molecular flexibility index (Phi) is 6.13. The predicted octanol–water partition coefficient (Wildman–Crippen LogP) is 1.71. The summed E-state index contributed by atoms with van der Waals surface area (Å²) in [7, 11) is 0. The zero-order chi connectivity index (χ0) is 13.7. The number of aliphatic hydroxyl groups excluding tert-OH is 1. The largest absolute Gasteiger partial charge is 0.459 e. The van der Waals surface area contributed by atoms with Crippen molar-refractivity contribution in [2.45, 2.75) is 59.6 Å². The van der Waals surface area contributed by atoms with E-state index in [-0.39, 0.29) is 24.0 Å². The molecule has 4 heteroatoms. The molecular formula is C13H27NO3. The molecule has 0 rings (SSSR count). The predicted molar refractivity (Wildman–Crippen MR) is 68.8 cm³/mol. The van der Waals surface area contributed by atoms with E-state index in [1.165, 1.54) is 0 Å². The number of aliphatic hydroxyl groups is 1. The summed E-state index contributed by atoms with van der Waals surface area (Å²) in [5, 5.41) is 12.1. The minimum Gasteiger partial charge on any atom is -0.459 e. The number of rotatable bonds is 6. The second-order valence-corrected chi connectivity index (χ2v) is 6.27. The van der Waals surface area contributed by atoms with Gasteiger partial charge in [0.25, 0.3) is 0 Å². The van der Waals surface area contributed by atoms with Gasteiger partial charge in [0.15, 0.2) is 0 Å². The molecule has 4 nitrogen and oxygen atoms in total. The quantitative estimate of drug-likeness (QED) is 0.700. The molecule has 0 amide bonds. The third-order valence-corrected chi connectivity index (χ3v) is 2.44. The SMILES string of the molecule is CC(NCC(C)(C)CCO)C(=O)OC(C)(C)C. The van der Waals surface area contributed by atoms with Crippen molar-refractivity contribution in [3.63, 3.8) is 0 Å². The number of hydrogen-bond donors (Lipinski definition) is 2. The molecule has 0 aromatic rings. The average molecular weight is 245 g/mol. The van der Waals surface area contributed by atoms with Gasteiger partial charge in [-0.2, -0.15) is 0 Å². The summed E-state index contributed by atoms with van der Waals surface area (Å²) in [6.45, 7) is 12.3. The van der Waals surface area contributed by atoms with Crippen LogP contribution in [-0.2, 0) is 9.53 Å². The Labute approximate surface area is 105 Å². The first-order valence-electron chi connectivity index (χ1n) is 6.14. The van der Waals surface area contributed by atoms with E-state index in [1.54, 1.807) is 6.92 Å². The highest BCUT2D eigenvalue weighted by Gasteiger charge is 2.24. The third kappa shape index (κ3) is 8.16. The van der Waals surface area contributed by atoms with Gasteiger partial charge < -0.3 is 15.2 Å². The third-order valence-electron chi connectivity index (χ3n) is 2.44. The van der Waals surface area contributed by atoms with Crippen LogP contribution in [0.2, 0.25) is 0 Å². The highest BCUT2D eigenvalue weighted by molar-refractivity contribution is 5.75. The molecule has 0 saturated heterocycles. The number of carbonyl (C=O) groups excluding carboxylic acids is 1. The van der Waals surface area contributed by atoms with Gasteiger partial charge in [0.05, 0.1) is 0 Å². The van der Waals surface area contributed by atoms with Crippen LogP contribution in [0.1, 0.15) is 48.0 Å². The molecule has 2 N–H and O–H groups in total. The zero-order valence-electron chi connectivity index (χ0n) is 12.0. The number of carbonyl (C=O) groups is 1. The van der Waals surface area contributed by atoms with Gasteiger partial charge in [0.2, 0.25) is 0 Å². The summed E-state index contributed by atoms with van der Waals surface area (Å²) >= 11 is 0. The van der Waals surface area contributed by atoms with Crippen molar-refractivity contribution in [1.82, 2.24) is 5.32 Å². The topological polar surface area (TPSA) is 58.6 Å². The number of esters is 1. The van der Waals surface area contributed by atoms with E-state index in [9.17, 15) is 4.79 Å². The molecule has 1 unspecified atom stereocenters. The minimum absolute atomic E-state index is 0.0228. The Balaban J connectivity index is 4.10. The van der Waals surface area contributed by atoms with Gasteiger partial charge in [-0.3, -0.25) is 4.79 Å². The molecule has 1 atom stereocenters. The van der Waals surface area contributed by atoms with Crippen molar-refractivity contribution in [2.75, 3.05) is 13.2 Å². The summed E-state index contributed by atoms with van der Waals surface area (Å²) in [5.41, 5.74) is -0.474. The summed E-state index contributed by atoms with van der Waals surface area (Å²) in [5.74, 6) is -0.239. The van der Waals surface area contributed by atoms with Gasteiger partial charge in [0, 0.05) is 13.2 Å². The monoisotopic (exact) mass is 245 g/mol. The second kappa shape index (κ2) is 6.36. The summed E-state index contributed by atoms with van der Waals surface area (Å²) in [4.78, 5) is 11.7. The molecule has 0 radical (unpaired) electrons. The van der Waals surface area contributed by atoms with E-state index in [0.29, 0.717) is 13.0 Å². The van der Waals surface area contributed by atoms with Crippen molar-refractivity contribution in [3.8, 4) is 0 Å². The van der Waals surface area contributed by atoms with Gasteiger partial charge in [-0.15, -0.1) is 0 Å². The fraction of sp³-hybridized carbons (Fsp3) is 0.923. The molecule has 0 bridgehead atoms. The van der Waals surface area contributed by atoms with Gasteiger partial charge >= 0.3 is 5.97 Å². The molecule has 0 aliphatic carbocycles. The summed E-state index contributed by atoms with van der Waals surface area (Å²) in [6.07, 6.45) is 0.709. The first-order valence-corrected chi connectivity index (χ1v) is 6.14. The lowest BCUT2D eigenvalue weighted by molar-refractivity contribution is -0.157. The van der Waals surface area contributed by atoms with Crippen LogP contribution in [0.25, 0.3) is 0 Å². The second-order valence-electron chi connectivity index (χ2n) is 6.27. The molecule has 0 saturated carbocycles. The van der Waals surface area contributed by atoms with Crippen LogP contribution >= 0.6 is 0 Å². The van der Waals surface area contributed by atoms with Crippen LogP contribution in [0.4, 0.5) is 0 Å². The lowest BCUT2D eigenvalue weighted by Crippen LogP contribution is -2.43. The van der Waals surface area contributed by atoms with E-state index >= 15 is 0 Å². The van der Waals surface area contributed by atoms with Gasteiger partial charge in [-0.05, 0) is 39.5 Å². The van der Waals surface area contributed by atoms with Crippen molar-refractivity contribution in [2.24, 2.45) is 5.41 Å². The van der Waals surface area contributed by atoms with Crippen LogP contribution in [0, 0.1) is 5.41 Å². The van der Waals surface area contributed by atoms with Gasteiger partial charge in [-0.1, -0.05) is 13.8 Å². The maximum Gasteiger partial charge on any atom is 0.323 e. The van der Waals surface area contributed by atoms with Crippen LogP contribution < -0.4 is 5.32 Å². The zero-order valence-corrected chi connectivity index (χ0v) is 12.0. The van der Waals surface area contributed by atoms with E-state index < -0.39 is 5.60 Å².